The molecule has 3 atom stereocenters. The van der Waals surface area contributed by atoms with E-state index in [1.807, 2.05) is 6.20 Å². The van der Waals surface area contributed by atoms with Crippen LogP contribution in [0.2, 0.25) is 0 Å². The molecule has 2 heterocycles. The molecule has 0 amide bonds. The Bertz CT molecular complexity index is 407. The van der Waals surface area contributed by atoms with E-state index in [0.29, 0.717) is 24.5 Å². The van der Waals surface area contributed by atoms with Gasteiger partial charge in [-0.25, -0.2) is 0 Å². The summed E-state index contributed by atoms with van der Waals surface area (Å²) in [6, 6.07) is 2.59. The summed E-state index contributed by atoms with van der Waals surface area (Å²) in [5, 5.41) is 12.4. The van der Waals surface area contributed by atoms with E-state index in [4.69, 9.17) is 9.84 Å². The van der Waals surface area contributed by atoms with Gasteiger partial charge < -0.3 is 15.2 Å². The van der Waals surface area contributed by atoms with Crippen molar-refractivity contribution in [3.63, 3.8) is 0 Å². The Morgan fingerprint density at radius 2 is 2.28 bits per heavy atom. The second kappa shape index (κ2) is 5.24. The molecule has 1 aliphatic carbocycles. The van der Waals surface area contributed by atoms with E-state index in [2.05, 4.69) is 16.4 Å². The van der Waals surface area contributed by atoms with Crippen molar-refractivity contribution in [2.45, 2.75) is 25.3 Å². The third-order valence-electron chi connectivity index (χ3n) is 3.95. The lowest BCUT2D eigenvalue weighted by Crippen LogP contribution is -2.46. The Hall–Kier alpha value is -1.13. The van der Waals surface area contributed by atoms with Gasteiger partial charge in [0.15, 0.2) is 0 Å². The van der Waals surface area contributed by atoms with Crippen LogP contribution < -0.4 is 10.1 Å². The fraction of sp³-hybridized carbons (Fsp3) is 0.643. The van der Waals surface area contributed by atoms with Crippen LogP contribution in [0, 0.1) is 11.8 Å². The minimum Gasteiger partial charge on any atom is -0.490 e. The highest BCUT2D eigenvalue weighted by atomic mass is 16.5. The standard InChI is InChI=1S/C14H20N2O2/c17-8-12-5-11(12)3-10-4-14(7-15-6-10)18-9-13-1-2-16-13/h4,6-7,11-13,16-17H,1-3,5,8-9H2/t11?,12?,13-/m0/s1. The molecule has 2 fully saturated rings. The first-order chi connectivity index (χ1) is 8.85. The third-order valence-corrected chi connectivity index (χ3v) is 3.95. The molecule has 2 unspecified atom stereocenters. The van der Waals surface area contributed by atoms with Crippen molar-refractivity contribution in [3.8, 4) is 5.75 Å². The van der Waals surface area contributed by atoms with Crippen LogP contribution in [0.1, 0.15) is 18.4 Å². The first-order valence-corrected chi connectivity index (χ1v) is 6.76. The molecule has 4 nitrogen and oxygen atoms in total. The zero-order valence-electron chi connectivity index (χ0n) is 10.5. The van der Waals surface area contributed by atoms with Gasteiger partial charge in [-0.1, -0.05) is 0 Å². The Kier molecular flexibility index (Phi) is 3.48. The molecule has 0 aromatic carbocycles. The van der Waals surface area contributed by atoms with Gasteiger partial charge in [-0.05, 0) is 49.3 Å². The van der Waals surface area contributed by atoms with E-state index in [0.717, 1.165) is 31.7 Å². The average molecular weight is 248 g/mol. The molecule has 1 saturated carbocycles. The zero-order valence-corrected chi connectivity index (χ0v) is 10.5. The predicted molar refractivity (Wildman–Crippen MR) is 68.5 cm³/mol. The molecule has 1 aromatic heterocycles. The van der Waals surface area contributed by atoms with Crippen LogP contribution in [0.4, 0.5) is 0 Å². The zero-order chi connectivity index (χ0) is 12.4. The molecule has 98 valence electrons. The van der Waals surface area contributed by atoms with E-state index in [1.54, 1.807) is 6.20 Å². The maximum atomic E-state index is 9.04. The van der Waals surface area contributed by atoms with Crippen LogP contribution in [0.25, 0.3) is 0 Å². The normalized spacial score (nSPS) is 29.7. The van der Waals surface area contributed by atoms with Crippen molar-refractivity contribution in [2.24, 2.45) is 11.8 Å². The number of nitrogens with zero attached hydrogens (tertiary/aromatic N) is 1. The number of hydrogen-bond donors (Lipinski definition) is 2. The first-order valence-electron chi connectivity index (χ1n) is 6.76. The number of hydrogen-bond acceptors (Lipinski definition) is 4. The molecule has 18 heavy (non-hydrogen) atoms. The van der Waals surface area contributed by atoms with Gasteiger partial charge in [-0.2, -0.15) is 0 Å². The molecule has 0 spiro atoms. The van der Waals surface area contributed by atoms with Crippen molar-refractivity contribution in [2.75, 3.05) is 19.8 Å². The molecule has 0 radical (unpaired) electrons. The lowest BCUT2D eigenvalue weighted by atomic mass is 10.1. The SMILES string of the molecule is OCC1CC1Cc1cncc(OC[C@@H]2CCN2)c1. The highest BCUT2D eigenvalue weighted by Gasteiger charge is 2.36. The first kappa shape index (κ1) is 11.9. The van der Waals surface area contributed by atoms with E-state index in [-0.39, 0.29) is 0 Å². The fourth-order valence-corrected chi connectivity index (χ4v) is 2.43. The van der Waals surface area contributed by atoms with Gasteiger partial charge in [0.1, 0.15) is 12.4 Å². The van der Waals surface area contributed by atoms with Crippen LogP contribution >= 0.6 is 0 Å². The molecule has 2 aliphatic rings. The third kappa shape index (κ3) is 2.82. The quantitative estimate of drug-likeness (QED) is 0.788. The summed E-state index contributed by atoms with van der Waals surface area (Å²) in [5.41, 5.74) is 1.22. The number of ether oxygens (including phenoxy) is 1. The fourth-order valence-electron chi connectivity index (χ4n) is 2.43. The minimum atomic E-state index is 0.321. The summed E-state index contributed by atoms with van der Waals surface area (Å²) in [7, 11) is 0. The predicted octanol–water partition coefficient (Wildman–Crippen LogP) is 0.993. The Labute approximate surface area is 107 Å². The number of nitrogens with one attached hydrogen (secondary N) is 1. The summed E-state index contributed by atoms with van der Waals surface area (Å²) in [4.78, 5) is 4.23. The van der Waals surface area contributed by atoms with Gasteiger partial charge in [-0.15, -0.1) is 0 Å². The van der Waals surface area contributed by atoms with E-state index < -0.39 is 0 Å². The molecular weight excluding hydrogens is 228 g/mol. The van der Waals surface area contributed by atoms with Crippen LogP contribution in [-0.4, -0.2) is 35.9 Å². The smallest absolute Gasteiger partial charge is 0.137 e. The highest BCUT2D eigenvalue weighted by Crippen LogP contribution is 2.40. The Morgan fingerprint density at radius 3 is 2.94 bits per heavy atom. The van der Waals surface area contributed by atoms with Crippen molar-refractivity contribution in [3.05, 3.63) is 24.0 Å². The van der Waals surface area contributed by atoms with Crippen molar-refractivity contribution >= 4 is 0 Å². The molecule has 4 heteroatoms. The van der Waals surface area contributed by atoms with E-state index in [1.165, 1.54) is 12.0 Å². The van der Waals surface area contributed by atoms with Crippen molar-refractivity contribution in [1.29, 1.82) is 0 Å². The number of aromatic nitrogens is 1. The molecular formula is C14H20N2O2. The summed E-state index contributed by atoms with van der Waals surface area (Å²) < 4.78 is 5.73. The minimum absolute atomic E-state index is 0.321. The van der Waals surface area contributed by atoms with Gasteiger partial charge in [0, 0.05) is 18.8 Å². The van der Waals surface area contributed by atoms with Crippen molar-refractivity contribution in [1.82, 2.24) is 10.3 Å². The van der Waals surface area contributed by atoms with E-state index >= 15 is 0 Å². The van der Waals surface area contributed by atoms with Crippen LogP contribution in [0.15, 0.2) is 18.5 Å². The highest BCUT2D eigenvalue weighted by molar-refractivity contribution is 5.24. The van der Waals surface area contributed by atoms with Gasteiger partial charge in [0.05, 0.1) is 6.20 Å². The second-order valence-corrected chi connectivity index (χ2v) is 5.42. The largest absolute Gasteiger partial charge is 0.490 e. The van der Waals surface area contributed by atoms with E-state index in [9.17, 15) is 0 Å². The summed E-state index contributed by atoms with van der Waals surface area (Å²) >= 11 is 0. The van der Waals surface area contributed by atoms with Gasteiger partial charge in [0.2, 0.25) is 0 Å². The summed E-state index contributed by atoms with van der Waals surface area (Å²) in [6.07, 6.45) is 7.04. The number of pyridine rings is 1. The van der Waals surface area contributed by atoms with Gasteiger partial charge in [-0.3, -0.25) is 4.98 Å². The van der Waals surface area contributed by atoms with Crippen LogP contribution in [0.3, 0.4) is 0 Å². The summed E-state index contributed by atoms with van der Waals surface area (Å²) in [6.45, 7) is 2.16. The molecule has 0 bridgehead atoms. The maximum Gasteiger partial charge on any atom is 0.137 e. The van der Waals surface area contributed by atoms with Gasteiger partial charge in [0.25, 0.3) is 0 Å². The van der Waals surface area contributed by atoms with Crippen molar-refractivity contribution < 1.29 is 9.84 Å². The Balaban J connectivity index is 1.51. The number of aliphatic hydroxyl groups is 1. The Morgan fingerprint density at radius 1 is 1.39 bits per heavy atom. The number of aliphatic hydroxyl groups excluding tert-OH is 1. The van der Waals surface area contributed by atoms with Crippen LogP contribution in [-0.2, 0) is 6.42 Å². The molecule has 3 rings (SSSR count). The van der Waals surface area contributed by atoms with Gasteiger partial charge >= 0.3 is 0 Å². The molecule has 1 aliphatic heterocycles. The lowest BCUT2D eigenvalue weighted by Gasteiger charge is -2.27. The monoisotopic (exact) mass is 248 g/mol. The lowest BCUT2D eigenvalue weighted by molar-refractivity contribution is 0.216. The second-order valence-electron chi connectivity index (χ2n) is 5.42. The molecule has 1 saturated heterocycles. The van der Waals surface area contributed by atoms with Crippen LogP contribution in [0.5, 0.6) is 5.75 Å². The molecule has 1 aromatic rings. The number of rotatable bonds is 6. The topological polar surface area (TPSA) is 54.4 Å². The maximum absolute atomic E-state index is 9.04. The summed E-state index contributed by atoms with van der Waals surface area (Å²) in [5.74, 6) is 2.01. The molecule has 2 N–H and O–H groups in total. The average Bonchev–Trinajstić information content (AvgIpc) is 3.06.